The minimum Gasteiger partial charge on any atom is -0.394 e. The Labute approximate surface area is 183 Å². The third-order valence-corrected chi connectivity index (χ3v) is 9.21. The van der Waals surface area contributed by atoms with Gasteiger partial charge in [-0.2, -0.15) is 4.98 Å². The minimum absolute atomic E-state index is 0.0829. The predicted molar refractivity (Wildman–Crippen MR) is 117 cm³/mol. The Morgan fingerprint density at radius 3 is 2.57 bits per heavy atom. The van der Waals surface area contributed by atoms with Crippen molar-refractivity contribution in [2.75, 3.05) is 35.4 Å². The van der Waals surface area contributed by atoms with Crippen molar-refractivity contribution in [3.8, 4) is 0 Å². The number of hydrogen-bond donors (Lipinski definition) is 1. The van der Waals surface area contributed by atoms with Crippen LogP contribution in [0, 0.1) is 11.8 Å². The first-order chi connectivity index (χ1) is 14.6. The topological polar surface area (TPSA) is 69.6 Å². The van der Waals surface area contributed by atoms with E-state index in [2.05, 4.69) is 26.9 Å². The molecule has 6 nitrogen and oxygen atoms in total. The number of benzene rings is 1. The van der Waals surface area contributed by atoms with Crippen LogP contribution < -0.4 is 9.80 Å². The Hall–Kier alpha value is -1.70. The minimum atomic E-state index is -1.13. The van der Waals surface area contributed by atoms with Crippen LogP contribution in [0.2, 0.25) is 5.02 Å². The third kappa shape index (κ3) is 2.75. The highest BCUT2D eigenvalue weighted by Gasteiger charge is 2.49. The van der Waals surface area contributed by atoms with Gasteiger partial charge in [-0.25, -0.2) is 4.98 Å². The fourth-order valence-corrected chi connectivity index (χ4v) is 7.27. The van der Waals surface area contributed by atoms with Crippen LogP contribution in [0.5, 0.6) is 0 Å². The van der Waals surface area contributed by atoms with Crippen molar-refractivity contribution in [1.29, 1.82) is 0 Å². The summed E-state index contributed by atoms with van der Waals surface area (Å²) in [4.78, 5) is 14.6. The summed E-state index contributed by atoms with van der Waals surface area (Å²) in [6, 6.07) is 8.29. The molecule has 2 aromatic rings. The van der Waals surface area contributed by atoms with Crippen LogP contribution >= 0.6 is 11.6 Å². The fourth-order valence-electron chi connectivity index (χ4n) is 5.85. The van der Waals surface area contributed by atoms with Gasteiger partial charge in [-0.3, -0.25) is 4.21 Å². The summed E-state index contributed by atoms with van der Waals surface area (Å²) in [5.74, 6) is 3.70. The van der Waals surface area contributed by atoms with Crippen LogP contribution in [-0.4, -0.2) is 50.4 Å². The summed E-state index contributed by atoms with van der Waals surface area (Å²) >= 11 is 6.06. The standard InChI is InChI=1S/C22H25ClN4O2S/c23-17-4-2-14(3-5-17)19-15-8-16(19)11-26(10-15)21-24-9-18-20(25-21)27(13-30(18)29)22(12-28)6-1-7-22/h2-5,9,15-16,19,28H,1,6-8,10-13H2/t15?,16?,19?,30-/m1/s1. The molecule has 3 atom stereocenters. The largest absolute Gasteiger partial charge is 0.394 e. The summed E-state index contributed by atoms with van der Waals surface area (Å²) in [5, 5.41) is 10.8. The second-order valence-corrected chi connectivity index (χ2v) is 11.1. The molecule has 2 saturated heterocycles. The van der Waals surface area contributed by atoms with Crippen molar-refractivity contribution in [2.45, 2.75) is 42.0 Å². The number of aromatic nitrogens is 2. The number of aliphatic hydroxyl groups excluding tert-OH is 1. The van der Waals surface area contributed by atoms with Gasteiger partial charge in [0.25, 0.3) is 0 Å². The molecule has 4 heterocycles. The average Bonchev–Trinajstić information content (AvgIpc) is 3.06. The summed E-state index contributed by atoms with van der Waals surface area (Å²) < 4.78 is 12.6. The summed E-state index contributed by atoms with van der Waals surface area (Å²) in [7, 11) is -1.13. The van der Waals surface area contributed by atoms with Crippen molar-refractivity contribution >= 4 is 34.2 Å². The van der Waals surface area contributed by atoms with Gasteiger partial charge in [-0.05, 0) is 61.1 Å². The molecule has 2 saturated carbocycles. The maximum atomic E-state index is 12.6. The van der Waals surface area contributed by atoms with Gasteiger partial charge in [0.1, 0.15) is 10.8 Å². The van der Waals surface area contributed by atoms with E-state index < -0.39 is 10.8 Å². The Morgan fingerprint density at radius 1 is 1.20 bits per heavy atom. The summed E-state index contributed by atoms with van der Waals surface area (Å²) in [5.41, 5.74) is 1.09. The number of fused-ring (bicyclic) bond motifs is 3. The molecule has 1 aromatic heterocycles. The van der Waals surface area contributed by atoms with E-state index in [1.807, 2.05) is 12.1 Å². The van der Waals surface area contributed by atoms with E-state index in [4.69, 9.17) is 16.6 Å². The smallest absolute Gasteiger partial charge is 0.227 e. The van der Waals surface area contributed by atoms with Crippen LogP contribution in [0.1, 0.15) is 37.2 Å². The predicted octanol–water partition coefficient (Wildman–Crippen LogP) is 3.17. The number of anilines is 2. The highest BCUT2D eigenvalue weighted by Crippen LogP contribution is 2.52. The van der Waals surface area contributed by atoms with Crippen molar-refractivity contribution < 1.29 is 9.32 Å². The molecule has 7 rings (SSSR count). The lowest BCUT2D eigenvalue weighted by molar-refractivity contribution is 0.110. The van der Waals surface area contributed by atoms with Crippen LogP contribution in [0.25, 0.3) is 0 Å². The lowest BCUT2D eigenvalue weighted by Crippen LogP contribution is -2.56. The SMILES string of the molecule is O=[S@@]1CN(C2(CO)CCC2)c2nc(N3CC4CC(C3)C4c3ccc(Cl)cc3)ncc21. The molecule has 158 valence electrons. The maximum Gasteiger partial charge on any atom is 0.227 e. The first-order valence-electron chi connectivity index (χ1n) is 10.7. The number of nitrogens with zero attached hydrogens (tertiary/aromatic N) is 4. The van der Waals surface area contributed by atoms with Crippen LogP contribution in [0.3, 0.4) is 0 Å². The molecule has 5 aliphatic rings. The molecule has 1 aromatic carbocycles. The van der Waals surface area contributed by atoms with Crippen molar-refractivity contribution in [3.05, 3.63) is 41.0 Å². The number of hydrogen-bond acceptors (Lipinski definition) is 6. The number of piperidine rings is 2. The van der Waals surface area contributed by atoms with Gasteiger partial charge in [-0.15, -0.1) is 0 Å². The zero-order chi connectivity index (χ0) is 20.5. The monoisotopic (exact) mass is 444 g/mol. The molecular weight excluding hydrogens is 420 g/mol. The van der Waals surface area contributed by atoms with Gasteiger partial charge >= 0.3 is 0 Å². The van der Waals surface area contributed by atoms with E-state index in [0.29, 0.717) is 28.5 Å². The first kappa shape index (κ1) is 19.0. The number of rotatable bonds is 4. The Kier molecular flexibility index (Phi) is 4.38. The summed E-state index contributed by atoms with van der Waals surface area (Å²) in [6.45, 7) is 1.97. The van der Waals surface area contributed by atoms with Gasteiger partial charge in [0, 0.05) is 18.1 Å². The first-order valence-corrected chi connectivity index (χ1v) is 12.4. The zero-order valence-corrected chi connectivity index (χ0v) is 18.3. The van der Waals surface area contributed by atoms with E-state index in [-0.39, 0.29) is 12.1 Å². The fraction of sp³-hybridized carbons (Fsp3) is 0.545. The van der Waals surface area contributed by atoms with E-state index in [9.17, 15) is 9.32 Å². The Morgan fingerprint density at radius 2 is 1.93 bits per heavy atom. The molecule has 4 fully saturated rings. The molecule has 30 heavy (non-hydrogen) atoms. The molecule has 1 N–H and O–H groups in total. The zero-order valence-electron chi connectivity index (χ0n) is 16.7. The highest BCUT2D eigenvalue weighted by molar-refractivity contribution is 7.85. The maximum absolute atomic E-state index is 12.6. The van der Waals surface area contributed by atoms with E-state index in [0.717, 1.165) is 49.1 Å². The van der Waals surface area contributed by atoms with E-state index in [1.165, 1.54) is 12.0 Å². The lowest BCUT2D eigenvalue weighted by atomic mass is 9.59. The molecule has 0 spiro atoms. The van der Waals surface area contributed by atoms with Crippen LogP contribution in [0.4, 0.5) is 11.8 Å². The Balaban J connectivity index is 1.25. The quantitative estimate of drug-likeness (QED) is 0.781. The number of halogens is 1. The van der Waals surface area contributed by atoms with Crippen molar-refractivity contribution in [1.82, 2.24) is 9.97 Å². The van der Waals surface area contributed by atoms with E-state index in [1.54, 1.807) is 6.20 Å². The molecule has 2 bridgehead atoms. The third-order valence-electron chi connectivity index (χ3n) is 7.69. The van der Waals surface area contributed by atoms with Crippen LogP contribution in [0.15, 0.2) is 35.4 Å². The lowest BCUT2D eigenvalue weighted by Gasteiger charge is -2.54. The number of aliphatic hydroxyl groups is 1. The summed E-state index contributed by atoms with van der Waals surface area (Å²) in [6.07, 6.45) is 5.94. The van der Waals surface area contributed by atoms with Gasteiger partial charge in [-0.1, -0.05) is 23.7 Å². The molecule has 8 heteroatoms. The van der Waals surface area contributed by atoms with Gasteiger partial charge in [0.05, 0.1) is 29.1 Å². The molecule has 0 amide bonds. The molecule has 2 unspecified atom stereocenters. The Bertz CT molecular complexity index is 995. The second-order valence-electron chi connectivity index (χ2n) is 9.23. The average molecular weight is 445 g/mol. The molecular formula is C22H25ClN4O2S. The normalized spacial score (nSPS) is 31.1. The van der Waals surface area contributed by atoms with Crippen LogP contribution in [-0.2, 0) is 10.8 Å². The molecule has 3 aliphatic heterocycles. The molecule has 2 aliphatic carbocycles. The second kappa shape index (κ2) is 6.90. The van der Waals surface area contributed by atoms with Gasteiger partial charge in [0.15, 0.2) is 5.82 Å². The molecule has 0 radical (unpaired) electrons. The van der Waals surface area contributed by atoms with Gasteiger partial charge in [0.2, 0.25) is 5.95 Å². The van der Waals surface area contributed by atoms with Crippen molar-refractivity contribution in [3.63, 3.8) is 0 Å². The van der Waals surface area contributed by atoms with Gasteiger partial charge < -0.3 is 14.9 Å². The highest BCUT2D eigenvalue weighted by atomic mass is 35.5. The van der Waals surface area contributed by atoms with Crippen molar-refractivity contribution in [2.24, 2.45) is 11.8 Å². The van der Waals surface area contributed by atoms with E-state index >= 15 is 0 Å².